The van der Waals surface area contributed by atoms with Crippen LogP contribution in [0.4, 0.5) is 20.3 Å². The number of aliphatic imine (C=N–C) groups is 1. The Hall–Kier alpha value is -5.14. The summed E-state index contributed by atoms with van der Waals surface area (Å²) in [4.78, 5) is 40.2. The van der Waals surface area contributed by atoms with Crippen molar-refractivity contribution in [3.63, 3.8) is 0 Å². The molecule has 4 heterocycles. The lowest BCUT2D eigenvalue weighted by Crippen LogP contribution is -2.47. The van der Waals surface area contributed by atoms with E-state index in [1.165, 1.54) is 18.3 Å². The average molecular weight is 711 g/mol. The molecule has 7 rings (SSSR count). The molecule has 1 aliphatic carbocycles. The lowest BCUT2D eigenvalue weighted by Gasteiger charge is -2.34. The fourth-order valence-electron chi connectivity index (χ4n) is 7.41. The zero-order valence-electron chi connectivity index (χ0n) is 29.2. The van der Waals surface area contributed by atoms with Crippen molar-refractivity contribution in [2.75, 3.05) is 44.6 Å². The summed E-state index contributed by atoms with van der Waals surface area (Å²) in [5, 5.41) is 20.3. The second-order valence-corrected chi connectivity index (χ2v) is 14.0. The van der Waals surface area contributed by atoms with E-state index in [0.717, 1.165) is 67.5 Å². The average Bonchev–Trinajstić information content (AvgIpc) is 3.54. The molecule has 272 valence electrons. The van der Waals surface area contributed by atoms with E-state index in [2.05, 4.69) is 30.8 Å². The van der Waals surface area contributed by atoms with Gasteiger partial charge in [0.05, 0.1) is 17.8 Å². The van der Waals surface area contributed by atoms with Crippen LogP contribution in [0, 0.1) is 5.82 Å². The number of amidine groups is 1. The molecule has 3 aliphatic heterocycles. The number of halogens is 2. The molecule has 2 aromatic carbocycles. The molecule has 4 aliphatic rings. The lowest BCUT2D eigenvalue weighted by atomic mass is 9.91. The SMILES string of the molecule is CC(=O)N1CCN(Cc2cc(O)ccc2-c2cccc(Nc3ncc(F)cc3C(=O)N[C@H]3CC[C@@H](NCC4CN5C=C(F)C=CC5=N4)CC3)c2)CC1. The predicted molar refractivity (Wildman–Crippen MR) is 196 cm³/mol. The summed E-state index contributed by atoms with van der Waals surface area (Å²) in [5.74, 6) is 0.0278. The van der Waals surface area contributed by atoms with Gasteiger partial charge in [-0.1, -0.05) is 18.2 Å². The summed E-state index contributed by atoms with van der Waals surface area (Å²) in [7, 11) is 0. The third-order valence-corrected chi connectivity index (χ3v) is 10.2. The summed E-state index contributed by atoms with van der Waals surface area (Å²) in [6.07, 6.45) is 9.01. The Kier molecular flexibility index (Phi) is 10.6. The highest BCUT2D eigenvalue weighted by Gasteiger charge is 2.28. The van der Waals surface area contributed by atoms with E-state index in [1.807, 2.05) is 40.1 Å². The Labute approximate surface area is 302 Å². The zero-order valence-corrected chi connectivity index (χ0v) is 29.2. The van der Waals surface area contributed by atoms with E-state index in [-0.39, 0.29) is 46.9 Å². The number of phenolic OH excluding ortho intramolecular Hbond substituents is 1. The first kappa shape index (κ1) is 35.3. The first-order chi connectivity index (χ1) is 25.2. The number of piperazine rings is 1. The third-order valence-electron chi connectivity index (χ3n) is 10.2. The molecule has 13 heteroatoms. The number of nitrogens with one attached hydrogen (secondary N) is 3. The van der Waals surface area contributed by atoms with Gasteiger partial charge in [0.15, 0.2) is 0 Å². The third kappa shape index (κ3) is 8.48. The molecule has 0 bridgehead atoms. The zero-order chi connectivity index (χ0) is 36.2. The summed E-state index contributed by atoms with van der Waals surface area (Å²) in [6.45, 7) is 6.36. The van der Waals surface area contributed by atoms with E-state index in [9.17, 15) is 23.5 Å². The van der Waals surface area contributed by atoms with Crippen molar-refractivity contribution in [3.05, 3.63) is 95.9 Å². The number of hydrogen-bond donors (Lipinski definition) is 4. The highest BCUT2D eigenvalue weighted by Crippen LogP contribution is 2.32. The van der Waals surface area contributed by atoms with Gasteiger partial charge in [-0.05, 0) is 84.9 Å². The summed E-state index contributed by atoms with van der Waals surface area (Å²) in [6, 6.07) is 14.5. The van der Waals surface area contributed by atoms with Gasteiger partial charge in [-0.15, -0.1) is 0 Å². The number of aromatic hydroxyl groups is 1. The predicted octanol–water partition coefficient (Wildman–Crippen LogP) is 5.10. The van der Waals surface area contributed by atoms with Crippen LogP contribution in [-0.2, 0) is 11.3 Å². The number of amides is 2. The minimum Gasteiger partial charge on any atom is -0.508 e. The van der Waals surface area contributed by atoms with Crippen LogP contribution in [0.15, 0.2) is 83.9 Å². The van der Waals surface area contributed by atoms with Gasteiger partial charge in [-0.2, -0.15) is 0 Å². The summed E-state index contributed by atoms with van der Waals surface area (Å²) < 4.78 is 28.0. The molecule has 11 nitrogen and oxygen atoms in total. The first-order valence-corrected chi connectivity index (χ1v) is 17.9. The lowest BCUT2D eigenvalue weighted by molar-refractivity contribution is -0.130. The van der Waals surface area contributed by atoms with Crippen LogP contribution in [0.3, 0.4) is 0 Å². The molecule has 0 radical (unpaired) electrons. The molecule has 1 aromatic heterocycles. The van der Waals surface area contributed by atoms with Crippen LogP contribution in [0.2, 0.25) is 0 Å². The molecule has 1 saturated heterocycles. The molecule has 2 fully saturated rings. The first-order valence-electron chi connectivity index (χ1n) is 17.9. The number of carbonyl (C=O) groups is 2. The number of hydrogen-bond acceptors (Lipinski definition) is 9. The number of phenols is 1. The van der Waals surface area contributed by atoms with Crippen molar-refractivity contribution in [3.8, 4) is 16.9 Å². The maximum atomic E-state index is 14.5. The van der Waals surface area contributed by atoms with Crippen LogP contribution in [0.5, 0.6) is 5.75 Å². The molecular weight excluding hydrogens is 666 g/mol. The normalized spacial score (nSPS) is 21.7. The van der Waals surface area contributed by atoms with Crippen molar-refractivity contribution in [2.45, 2.75) is 57.3 Å². The number of rotatable bonds is 10. The fourth-order valence-corrected chi connectivity index (χ4v) is 7.41. The Morgan fingerprint density at radius 2 is 1.75 bits per heavy atom. The highest BCUT2D eigenvalue weighted by atomic mass is 19.1. The van der Waals surface area contributed by atoms with E-state index in [0.29, 0.717) is 44.5 Å². The van der Waals surface area contributed by atoms with Gasteiger partial charge in [-0.25, -0.2) is 13.8 Å². The van der Waals surface area contributed by atoms with Crippen LogP contribution in [0.25, 0.3) is 11.1 Å². The molecule has 3 aromatic rings. The second-order valence-electron chi connectivity index (χ2n) is 14.0. The van der Waals surface area contributed by atoms with Gasteiger partial charge in [-0.3, -0.25) is 19.5 Å². The van der Waals surface area contributed by atoms with Crippen molar-refractivity contribution in [2.24, 2.45) is 4.99 Å². The number of carbonyl (C=O) groups excluding carboxylic acids is 2. The van der Waals surface area contributed by atoms with Gasteiger partial charge in [0.1, 0.15) is 29.0 Å². The van der Waals surface area contributed by atoms with Gasteiger partial charge in [0, 0.05) is 76.7 Å². The quantitative estimate of drug-likeness (QED) is 0.229. The summed E-state index contributed by atoms with van der Waals surface area (Å²) >= 11 is 0. The Bertz CT molecular complexity index is 1900. The van der Waals surface area contributed by atoms with Crippen LogP contribution < -0.4 is 16.0 Å². The number of benzene rings is 2. The Morgan fingerprint density at radius 3 is 2.54 bits per heavy atom. The number of anilines is 2. The molecule has 1 unspecified atom stereocenters. The van der Waals surface area contributed by atoms with Crippen molar-refractivity contribution >= 4 is 29.2 Å². The van der Waals surface area contributed by atoms with Crippen LogP contribution in [0.1, 0.15) is 48.5 Å². The maximum absolute atomic E-state index is 14.5. The van der Waals surface area contributed by atoms with Crippen molar-refractivity contribution < 1.29 is 23.5 Å². The summed E-state index contributed by atoms with van der Waals surface area (Å²) in [5.41, 5.74) is 3.60. The Morgan fingerprint density at radius 1 is 0.962 bits per heavy atom. The Balaban J connectivity index is 0.961. The van der Waals surface area contributed by atoms with Crippen LogP contribution in [-0.4, -0.2) is 99.8 Å². The number of allylic oxidation sites excluding steroid dienone is 2. The molecule has 0 spiro atoms. The smallest absolute Gasteiger partial charge is 0.255 e. The maximum Gasteiger partial charge on any atom is 0.255 e. The highest BCUT2D eigenvalue weighted by molar-refractivity contribution is 5.99. The molecule has 1 saturated carbocycles. The van der Waals surface area contributed by atoms with Gasteiger partial charge in [0.2, 0.25) is 5.91 Å². The number of nitrogens with zero attached hydrogens (tertiary/aromatic N) is 5. The monoisotopic (exact) mass is 710 g/mol. The van der Waals surface area contributed by atoms with Crippen molar-refractivity contribution in [1.82, 2.24) is 30.3 Å². The molecule has 4 N–H and O–H groups in total. The minimum atomic E-state index is -0.601. The van der Waals surface area contributed by atoms with Crippen molar-refractivity contribution in [1.29, 1.82) is 0 Å². The van der Waals surface area contributed by atoms with Crippen LogP contribution >= 0.6 is 0 Å². The van der Waals surface area contributed by atoms with E-state index >= 15 is 0 Å². The standard InChI is InChI=1S/C39H44F2N8O3/c1-25(50)48-15-13-47(14-16-48)22-27-18-34(51)10-11-35(27)26-3-2-4-32(17-26)45-38-36(19-29(41)20-43-38)39(52)46-31-8-6-30(7-9-31)42-21-33-24-49-23-28(40)5-12-37(49)44-33/h2-5,10-12,17-20,23,30-31,33,42,51H,6-9,13-16,21-22,24H2,1H3,(H,43,45)(H,46,52)/t30-,31+,33?. The number of aromatic nitrogens is 1. The van der Waals surface area contributed by atoms with Gasteiger partial charge < -0.3 is 30.9 Å². The molecule has 1 atom stereocenters. The topological polar surface area (TPSA) is 125 Å². The van der Waals surface area contributed by atoms with E-state index in [1.54, 1.807) is 25.1 Å². The molecular formula is C39H44F2N8O3. The number of pyridine rings is 1. The largest absolute Gasteiger partial charge is 0.508 e. The minimum absolute atomic E-state index is 0.0512. The molecule has 2 amide bonds. The second kappa shape index (κ2) is 15.6. The van der Waals surface area contributed by atoms with E-state index < -0.39 is 5.82 Å². The molecule has 52 heavy (non-hydrogen) atoms. The van der Waals surface area contributed by atoms with Gasteiger partial charge >= 0.3 is 0 Å². The number of fused-ring (bicyclic) bond motifs is 1. The van der Waals surface area contributed by atoms with Gasteiger partial charge in [0.25, 0.3) is 5.91 Å². The van der Waals surface area contributed by atoms with E-state index in [4.69, 9.17) is 0 Å². The fraction of sp³-hybridized carbons (Fsp3) is 0.385.